The van der Waals surface area contributed by atoms with Gasteiger partial charge in [-0.3, -0.25) is 9.59 Å². The summed E-state index contributed by atoms with van der Waals surface area (Å²) in [5.41, 5.74) is 2.10. The van der Waals surface area contributed by atoms with Gasteiger partial charge in [-0.05, 0) is 55.7 Å². The van der Waals surface area contributed by atoms with E-state index in [1.54, 1.807) is 17.0 Å². The number of amides is 2. The maximum atomic E-state index is 13.7. The quantitative estimate of drug-likeness (QED) is 0.410. The predicted molar refractivity (Wildman–Crippen MR) is 139 cm³/mol. The van der Waals surface area contributed by atoms with Crippen LogP contribution in [0.15, 0.2) is 78.9 Å². The SMILES string of the molecule is CC(C)(C)NC(=O)[C@@H](Cc1ccccc1)N(Cc1cccc(Cl)c1)C(=O)Cc1ccccc1Cl. The Kier molecular flexibility index (Phi) is 8.76. The van der Waals surface area contributed by atoms with Gasteiger partial charge in [0.2, 0.25) is 11.8 Å². The summed E-state index contributed by atoms with van der Waals surface area (Å²) in [5, 5.41) is 4.17. The summed E-state index contributed by atoms with van der Waals surface area (Å²) in [6.07, 6.45) is 0.478. The molecule has 0 aliphatic heterocycles. The van der Waals surface area contributed by atoms with Crippen molar-refractivity contribution >= 4 is 35.0 Å². The first-order chi connectivity index (χ1) is 16.1. The zero-order valence-electron chi connectivity index (χ0n) is 19.7. The Morgan fingerprint density at radius 3 is 2.18 bits per heavy atom. The average molecular weight is 497 g/mol. The lowest BCUT2D eigenvalue weighted by molar-refractivity contribution is -0.141. The molecule has 3 aromatic carbocycles. The van der Waals surface area contributed by atoms with Gasteiger partial charge in [0.25, 0.3) is 0 Å². The molecule has 6 heteroatoms. The maximum Gasteiger partial charge on any atom is 0.243 e. The number of carbonyl (C=O) groups excluding carboxylic acids is 2. The highest BCUT2D eigenvalue weighted by Crippen LogP contribution is 2.21. The lowest BCUT2D eigenvalue weighted by Gasteiger charge is -2.34. The maximum absolute atomic E-state index is 13.7. The highest BCUT2D eigenvalue weighted by Gasteiger charge is 2.32. The monoisotopic (exact) mass is 496 g/mol. The van der Waals surface area contributed by atoms with Crippen LogP contribution < -0.4 is 5.32 Å². The Morgan fingerprint density at radius 1 is 0.882 bits per heavy atom. The van der Waals surface area contributed by atoms with Gasteiger partial charge in [0.1, 0.15) is 6.04 Å². The van der Waals surface area contributed by atoms with Gasteiger partial charge >= 0.3 is 0 Å². The van der Waals surface area contributed by atoms with Crippen LogP contribution in [0.2, 0.25) is 10.0 Å². The highest BCUT2D eigenvalue weighted by molar-refractivity contribution is 6.31. The van der Waals surface area contributed by atoms with Crippen molar-refractivity contribution in [2.45, 2.75) is 51.7 Å². The van der Waals surface area contributed by atoms with Gasteiger partial charge in [0.15, 0.2) is 0 Å². The summed E-state index contributed by atoms with van der Waals surface area (Å²) in [6, 6.07) is 23.6. The Labute approximate surface area is 211 Å². The van der Waals surface area contributed by atoms with Crippen LogP contribution in [-0.2, 0) is 29.0 Å². The molecule has 3 rings (SSSR count). The number of rotatable bonds is 8. The minimum absolute atomic E-state index is 0.0916. The summed E-state index contributed by atoms with van der Waals surface area (Å²) in [6.45, 7) is 6.03. The number of carbonyl (C=O) groups is 2. The molecule has 2 amide bonds. The molecule has 0 fully saturated rings. The first-order valence-corrected chi connectivity index (χ1v) is 12.0. The number of nitrogens with zero attached hydrogens (tertiary/aromatic N) is 1. The Bertz CT molecular complexity index is 1130. The molecule has 0 spiro atoms. The molecule has 0 saturated heterocycles. The third-order valence-electron chi connectivity index (χ3n) is 5.31. The average Bonchev–Trinajstić information content (AvgIpc) is 2.77. The second-order valence-electron chi connectivity index (χ2n) is 9.36. The van der Waals surface area contributed by atoms with Crippen LogP contribution in [0.25, 0.3) is 0 Å². The Hall–Kier alpha value is -2.82. The zero-order valence-corrected chi connectivity index (χ0v) is 21.2. The summed E-state index contributed by atoms with van der Waals surface area (Å²) < 4.78 is 0. The molecule has 0 heterocycles. The summed E-state index contributed by atoms with van der Waals surface area (Å²) in [4.78, 5) is 28.9. The van der Waals surface area contributed by atoms with Crippen LogP contribution in [0.1, 0.15) is 37.5 Å². The molecule has 0 aliphatic carbocycles. The molecule has 178 valence electrons. The number of hydrogen-bond acceptors (Lipinski definition) is 2. The van der Waals surface area contributed by atoms with Gasteiger partial charge in [0.05, 0.1) is 6.42 Å². The van der Waals surface area contributed by atoms with Crippen LogP contribution in [0.3, 0.4) is 0 Å². The first-order valence-electron chi connectivity index (χ1n) is 11.3. The molecule has 34 heavy (non-hydrogen) atoms. The molecule has 3 aromatic rings. The van der Waals surface area contributed by atoms with E-state index in [1.807, 2.05) is 87.5 Å². The predicted octanol–water partition coefficient (Wildman–Crippen LogP) is 6.09. The number of hydrogen-bond donors (Lipinski definition) is 1. The van der Waals surface area contributed by atoms with Gasteiger partial charge in [-0.15, -0.1) is 0 Å². The molecular formula is C28H30Cl2N2O2. The minimum Gasteiger partial charge on any atom is -0.350 e. The summed E-state index contributed by atoms with van der Waals surface area (Å²) >= 11 is 12.6. The topological polar surface area (TPSA) is 49.4 Å². The van der Waals surface area contributed by atoms with Crippen molar-refractivity contribution in [3.63, 3.8) is 0 Å². The van der Waals surface area contributed by atoms with Gasteiger partial charge in [-0.2, -0.15) is 0 Å². The van der Waals surface area contributed by atoms with E-state index >= 15 is 0 Å². The van der Waals surface area contributed by atoms with Crippen LogP contribution in [-0.4, -0.2) is 28.3 Å². The van der Waals surface area contributed by atoms with E-state index in [1.165, 1.54) is 0 Å². The van der Waals surface area contributed by atoms with Gasteiger partial charge in [-0.25, -0.2) is 0 Å². The zero-order chi connectivity index (χ0) is 24.7. The molecule has 4 nitrogen and oxygen atoms in total. The van der Waals surface area contributed by atoms with Crippen molar-refractivity contribution in [2.24, 2.45) is 0 Å². The molecule has 1 N–H and O–H groups in total. The second-order valence-corrected chi connectivity index (χ2v) is 10.2. The van der Waals surface area contributed by atoms with Gasteiger partial charge in [-0.1, -0.05) is 83.9 Å². The number of benzene rings is 3. The van der Waals surface area contributed by atoms with Crippen molar-refractivity contribution in [3.8, 4) is 0 Å². The number of halogens is 2. The van der Waals surface area contributed by atoms with E-state index in [9.17, 15) is 9.59 Å². The Morgan fingerprint density at radius 2 is 1.53 bits per heavy atom. The van der Waals surface area contributed by atoms with Crippen LogP contribution >= 0.6 is 23.2 Å². The van der Waals surface area contributed by atoms with Crippen molar-refractivity contribution in [1.82, 2.24) is 10.2 Å². The lowest BCUT2D eigenvalue weighted by Crippen LogP contribution is -2.54. The molecule has 0 aliphatic rings. The van der Waals surface area contributed by atoms with Crippen LogP contribution in [0.4, 0.5) is 0 Å². The normalized spacial score (nSPS) is 12.1. The van der Waals surface area contributed by atoms with E-state index in [-0.39, 0.29) is 24.8 Å². The van der Waals surface area contributed by atoms with Crippen molar-refractivity contribution in [1.29, 1.82) is 0 Å². The van der Waals surface area contributed by atoms with E-state index < -0.39 is 11.6 Å². The third-order valence-corrected chi connectivity index (χ3v) is 5.91. The van der Waals surface area contributed by atoms with Gasteiger partial charge in [0, 0.05) is 28.5 Å². The van der Waals surface area contributed by atoms with Crippen LogP contribution in [0, 0.1) is 0 Å². The highest BCUT2D eigenvalue weighted by atomic mass is 35.5. The molecule has 0 saturated carbocycles. The second kappa shape index (κ2) is 11.5. The molecule has 0 unspecified atom stereocenters. The third kappa shape index (κ3) is 7.61. The van der Waals surface area contributed by atoms with E-state index in [0.29, 0.717) is 16.5 Å². The molecule has 0 radical (unpaired) electrons. The van der Waals surface area contributed by atoms with Crippen molar-refractivity contribution in [2.75, 3.05) is 0 Å². The fourth-order valence-electron chi connectivity index (χ4n) is 3.75. The largest absolute Gasteiger partial charge is 0.350 e. The van der Waals surface area contributed by atoms with E-state index in [4.69, 9.17) is 23.2 Å². The summed E-state index contributed by atoms with van der Waals surface area (Å²) in [7, 11) is 0. The summed E-state index contributed by atoms with van der Waals surface area (Å²) in [5.74, 6) is -0.385. The van der Waals surface area contributed by atoms with E-state index in [2.05, 4.69) is 5.32 Å². The first kappa shape index (κ1) is 25.8. The van der Waals surface area contributed by atoms with Crippen LogP contribution in [0.5, 0.6) is 0 Å². The van der Waals surface area contributed by atoms with Crippen molar-refractivity contribution in [3.05, 3.63) is 106 Å². The molecule has 0 bridgehead atoms. The fourth-order valence-corrected chi connectivity index (χ4v) is 4.16. The minimum atomic E-state index is -0.712. The molecule has 0 aromatic heterocycles. The lowest BCUT2D eigenvalue weighted by atomic mass is 10.00. The fraction of sp³-hybridized carbons (Fsp3) is 0.286. The standard InChI is InChI=1S/C28H30Cl2N2O2/c1-28(2,3)31-27(34)25(17-20-10-5-4-6-11-20)32(19-21-12-9-14-23(29)16-21)26(33)18-22-13-7-8-15-24(22)30/h4-16,25H,17-19H2,1-3H3,(H,31,34)/t25-/m1/s1. The van der Waals surface area contributed by atoms with Crippen molar-refractivity contribution < 1.29 is 9.59 Å². The van der Waals surface area contributed by atoms with Gasteiger partial charge < -0.3 is 10.2 Å². The molecular weight excluding hydrogens is 467 g/mol. The Balaban J connectivity index is 2.00. The smallest absolute Gasteiger partial charge is 0.243 e. The molecule has 1 atom stereocenters. The number of nitrogens with one attached hydrogen (secondary N) is 1. The van der Waals surface area contributed by atoms with E-state index in [0.717, 1.165) is 16.7 Å².